The van der Waals surface area contributed by atoms with Gasteiger partial charge < -0.3 is 40.9 Å². The number of rotatable bonds is 34. The van der Waals surface area contributed by atoms with Gasteiger partial charge in [0.1, 0.15) is 12.2 Å². The molecule has 0 spiro atoms. The molecule has 0 saturated heterocycles. The van der Waals surface area contributed by atoms with Crippen molar-refractivity contribution in [2.45, 2.75) is 239 Å². The van der Waals surface area contributed by atoms with Crippen molar-refractivity contribution in [3.63, 3.8) is 0 Å². The maximum absolute atomic E-state index is 10.3. The molecular formula is C45H88O10. The molecule has 1 unspecified atom stereocenters. The summed E-state index contributed by atoms with van der Waals surface area (Å²) in [6, 6.07) is 0. The van der Waals surface area contributed by atoms with Crippen LogP contribution < -0.4 is 0 Å². The molecule has 0 aromatic heterocycles. The van der Waals surface area contributed by atoms with Gasteiger partial charge in [0.25, 0.3) is 0 Å². The molecule has 55 heavy (non-hydrogen) atoms. The predicted octanol–water partition coefficient (Wildman–Crippen LogP) is 9.66. The first-order valence-corrected chi connectivity index (χ1v) is 21.9. The van der Waals surface area contributed by atoms with Crippen molar-refractivity contribution < 1.29 is 50.4 Å². The summed E-state index contributed by atoms with van der Waals surface area (Å²) < 4.78 is 0. The number of carboxylic acid groups (broad SMARTS) is 2. The molecule has 0 fully saturated rings. The molecular weight excluding hydrogens is 700 g/mol. The third kappa shape index (κ3) is 50.2. The van der Waals surface area contributed by atoms with Crippen molar-refractivity contribution in [1.29, 1.82) is 0 Å². The lowest BCUT2D eigenvalue weighted by molar-refractivity contribution is -0.138. The fraction of sp³-hybridized carbons (Fsp3) is 0.867. The second-order valence-electron chi connectivity index (χ2n) is 16.4. The molecule has 5 atom stereocenters. The van der Waals surface area contributed by atoms with Gasteiger partial charge in [-0.3, -0.25) is 9.59 Å². The number of carbonyl (C=O) groups is 2. The molecule has 0 bridgehead atoms. The highest BCUT2D eigenvalue weighted by Crippen LogP contribution is 2.23. The van der Waals surface area contributed by atoms with Crippen LogP contribution in [0.5, 0.6) is 0 Å². The molecule has 0 radical (unpaired) electrons. The molecule has 0 amide bonds. The minimum Gasteiger partial charge on any atom is -0.481 e. The average Bonchev–Trinajstić information content (AvgIpc) is 3.12. The van der Waals surface area contributed by atoms with Crippen LogP contribution in [0.4, 0.5) is 0 Å². The summed E-state index contributed by atoms with van der Waals surface area (Å²) in [6.07, 6.45) is 31.6. The Labute approximate surface area is 336 Å². The Morgan fingerprint density at radius 2 is 0.873 bits per heavy atom. The van der Waals surface area contributed by atoms with Crippen LogP contribution >= 0.6 is 0 Å². The van der Waals surface area contributed by atoms with E-state index in [1.54, 1.807) is 0 Å². The number of hydrogen-bond donors (Lipinski definition) is 8. The number of allylic oxidation sites excluding steroid dienone is 2. The van der Waals surface area contributed by atoms with Gasteiger partial charge in [0.15, 0.2) is 0 Å². The lowest BCUT2D eigenvalue weighted by Crippen LogP contribution is -2.41. The normalized spacial score (nSPS) is 14.5. The fourth-order valence-electron chi connectivity index (χ4n) is 5.84. The van der Waals surface area contributed by atoms with Gasteiger partial charge in [0.05, 0.1) is 24.9 Å². The molecule has 0 heterocycles. The van der Waals surface area contributed by atoms with Gasteiger partial charge in [0, 0.05) is 12.8 Å². The van der Waals surface area contributed by atoms with E-state index in [1.165, 1.54) is 51.4 Å². The summed E-state index contributed by atoms with van der Waals surface area (Å²) in [5, 5.41) is 72.9. The van der Waals surface area contributed by atoms with Crippen molar-refractivity contribution in [3.05, 3.63) is 24.3 Å². The van der Waals surface area contributed by atoms with Crippen molar-refractivity contribution in [3.8, 4) is 0 Å². The summed E-state index contributed by atoms with van der Waals surface area (Å²) in [7, 11) is 0. The van der Waals surface area contributed by atoms with Crippen molar-refractivity contribution in [2.24, 2.45) is 5.41 Å². The maximum Gasteiger partial charge on any atom is 0.303 e. The molecule has 8 N–H and O–H groups in total. The van der Waals surface area contributed by atoms with Gasteiger partial charge in [-0.2, -0.15) is 0 Å². The zero-order valence-corrected chi connectivity index (χ0v) is 35.9. The summed E-state index contributed by atoms with van der Waals surface area (Å²) in [6.45, 7) is 9.63. The fourth-order valence-corrected chi connectivity index (χ4v) is 5.84. The molecule has 10 heteroatoms. The van der Waals surface area contributed by atoms with E-state index in [1.807, 2.05) is 20.8 Å². The standard InChI is InChI=1S/2C18H34O3.C9H20O4/c2*1-2-3-4-11-14-17(19)15-12-9-7-5-6-8-10-13-16-18(20)21;1-9(2,3)4-6(11)8(13)7(12)5-10/h2*9,12,17,19H,2-8,10-11,13-16H2,1H3,(H,20,21);6-8,10-13H,4-5H2,1-3H3/b2*12-9-;/t2*17-;6?,7-,8+/m111/s1. The van der Waals surface area contributed by atoms with E-state index in [-0.39, 0.29) is 17.6 Å². The van der Waals surface area contributed by atoms with Crippen LogP contribution in [0.3, 0.4) is 0 Å². The SMILES string of the molecule is CC(C)(C)CC(O)[C@H](O)[C@H](O)CO.CCCCCC[C@@H](O)C/C=C\CCCCCCCC(=O)O.CCCCCC[C@@H](O)C/C=C\CCCCCCCC(=O)O. The van der Waals surface area contributed by atoms with Gasteiger partial charge in [-0.25, -0.2) is 0 Å². The largest absolute Gasteiger partial charge is 0.481 e. The summed E-state index contributed by atoms with van der Waals surface area (Å²) in [5.74, 6) is -1.38. The lowest BCUT2D eigenvalue weighted by Gasteiger charge is -2.27. The molecule has 0 aromatic carbocycles. The first-order valence-electron chi connectivity index (χ1n) is 21.9. The Bertz CT molecular complexity index is 831. The highest BCUT2D eigenvalue weighted by atomic mass is 16.4. The second-order valence-corrected chi connectivity index (χ2v) is 16.4. The zero-order chi connectivity index (χ0) is 42.2. The minimum absolute atomic E-state index is 0.116. The minimum atomic E-state index is -1.27. The molecule has 0 aliphatic heterocycles. The van der Waals surface area contributed by atoms with Crippen LogP contribution in [0.2, 0.25) is 0 Å². The Balaban J connectivity index is -0.000000760. The first-order chi connectivity index (χ1) is 26.1. The van der Waals surface area contributed by atoms with Crippen molar-refractivity contribution in [1.82, 2.24) is 0 Å². The molecule has 0 aromatic rings. The monoisotopic (exact) mass is 789 g/mol. The van der Waals surface area contributed by atoms with Gasteiger partial charge in [0.2, 0.25) is 0 Å². The second kappa shape index (κ2) is 41.8. The number of aliphatic carboxylic acids is 2. The van der Waals surface area contributed by atoms with E-state index in [2.05, 4.69) is 38.2 Å². The maximum atomic E-state index is 10.3. The number of carboxylic acids is 2. The van der Waals surface area contributed by atoms with E-state index in [4.69, 9.17) is 20.4 Å². The number of hydrogen-bond acceptors (Lipinski definition) is 8. The summed E-state index contributed by atoms with van der Waals surface area (Å²) in [4.78, 5) is 20.7. The van der Waals surface area contributed by atoms with Crippen LogP contribution in [-0.4, -0.2) is 89.9 Å². The molecule has 0 aliphatic carbocycles. The molecule has 328 valence electrons. The van der Waals surface area contributed by atoms with Crippen LogP contribution in [0.1, 0.15) is 208 Å². The van der Waals surface area contributed by atoms with E-state index >= 15 is 0 Å². The summed E-state index contributed by atoms with van der Waals surface area (Å²) in [5.41, 5.74) is -0.116. The van der Waals surface area contributed by atoms with E-state index < -0.39 is 36.9 Å². The first kappa shape index (κ1) is 57.5. The van der Waals surface area contributed by atoms with E-state index in [0.29, 0.717) is 19.3 Å². The molecule has 0 rings (SSSR count). The zero-order valence-electron chi connectivity index (χ0n) is 35.9. The van der Waals surface area contributed by atoms with E-state index in [0.717, 1.165) is 103 Å². The number of aliphatic hydroxyl groups excluding tert-OH is 6. The smallest absolute Gasteiger partial charge is 0.303 e. The third-order valence-electron chi connectivity index (χ3n) is 9.25. The Kier molecular flexibility index (Phi) is 43.7. The third-order valence-corrected chi connectivity index (χ3v) is 9.25. The topological polar surface area (TPSA) is 196 Å². The lowest BCUT2D eigenvalue weighted by atomic mass is 9.86. The average molecular weight is 789 g/mol. The molecule has 0 saturated carbocycles. The molecule has 10 nitrogen and oxygen atoms in total. The van der Waals surface area contributed by atoms with Gasteiger partial charge in [-0.15, -0.1) is 0 Å². The number of aliphatic hydroxyl groups is 6. The van der Waals surface area contributed by atoms with E-state index in [9.17, 15) is 30.0 Å². The highest BCUT2D eigenvalue weighted by molar-refractivity contribution is 5.66. The Morgan fingerprint density at radius 1 is 0.509 bits per heavy atom. The van der Waals surface area contributed by atoms with Gasteiger partial charge >= 0.3 is 11.9 Å². The Morgan fingerprint density at radius 3 is 1.22 bits per heavy atom. The Hall–Kier alpha value is -1.82. The van der Waals surface area contributed by atoms with Crippen molar-refractivity contribution in [2.75, 3.05) is 6.61 Å². The van der Waals surface area contributed by atoms with Crippen LogP contribution in [0.15, 0.2) is 24.3 Å². The van der Waals surface area contributed by atoms with Crippen molar-refractivity contribution >= 4 is 11.9 Å². The van der Waals surface area contributed by atoms with Gasteiger partial charge in [-0.1, -0.05) is 149 Å². The quantitative estimate of drug-likeness (QED) is 0.0230. The number of unbranched alkanes of at least 4 members (excludes halogenated alkanes) is 16. The highest BCUT2D eigenvalue weighted by Gasteiger charge is 2.27. The predicted molar refractivity (Wildman–Crippen MR) is 226 cm³/mol. The van der Waals surface area contributed by atoms with Crippen LogP contribution in [0, 0.1) is 5.41 Å². The van der Waals surface area contributed by atoms with Gasteiger partial charge in [-0.05, 0) is 76.0 Å². The summed E-state index contributed by atoms with van der Waals surface area (Å²) >= 11 is 0. The van der Waals surface area contributed by atoms with Crippen LogP contribution in [0.25, 0.3) is 0 Å². The van der Waals surface area contributed by atoms with Crippen LogP contribution in [-0.2, 0) is 9.59 Å². The molecule has 0 aliphatic rings.